The van der Waals surface area contributed by atoms with Crippen molar-refractivity contribution in [2.24, 2.45) is 0 Å². The molecule has 4 aromatic rings. The Labute approximate surface area is 168 Å². The van der Waals surface area contributed by atoms with Crippen molar-refractivity contribution < 1.29 is 17.9 Å². The summed E-state index contributed by atoms with van der Waals surface area (Å²) in [5.74, 6) is 0.153. The first-order valence-electron chi connectivity index (χ1n) is 8.89. The van der Waals surface area contributed by atoms with Gasteiger partial charge in [0.15, 0.2) is 5.78 Å². The minimum Gasteiger partial charge on any atom is -0.497 e. The number of benzene rings is 3. The Balaban J connectivity index is 1.99. The monoisotopic (exact) mass is 403 g/mol. The molecule has 144 valence electrons. The molecule has 4 rings (SSSR count). The van der Waals surface area contributed by atoms with E-state index < -0.39 is 15.6 Å². The first-order chi connectivity index (χ1) is 14.0. The maximum Gasteiger partial charge on any atom is 0.208 e. The van der Waals surface area contributed by atoms with E-state index in [0.29, 0.717) is 22.2 Å². The van der Waals surface area contributed by atoms with Gasteiger partial charge in [-0.25, -0.2) is 8.42 Å². The topological polar surface area (TPSA) is 73.3 Å². The second kappa shape index (κ2) is 7.48. The molecule has 3 aromatic carbocycles. The molecule has 0 aliphatic rings. The number of para-hydroxylation sites is 1. The molecule has 1 heterocycles. The molecular weight excluding hydrogens is 386 g/mol. The summed E-state index contributed by atoms with van der Waals surface area (Å²) in [4.78, 5) is 17.5. The van der Waals surface area contributed by atoms with Gasteiger partial charge in [0.1, 0.15) is 5.75 Å². The number of aromatic nitrogens is 1. The molecule has 5 nitrogen and oxygen atoms in total. The lowest BCUT2D eigenvalue weighted by molar-refractivity contribution is 0.103. The van der Waals surface area contributed by atoms with Crippen molar-refractivity contribution in [1.82, 2.24) is 4.98 Å². The standard InChI is InChI=1S/C23H17NO4S/c1-28-17-11-13-18(14-12-17)29(26,27)23-19-9-5-6-10-21(19)24-15-20(23)22(25)16-7-3-2-4-8-16/h2-15H,1H3. The second-order valence-corrected chi connectivity index (χ2v) is 8.28. The summed E-state index contributed by atoms with van der Waals surface area (Å²) in [6, 6.07) is 21.6. The van der Waals surface area contributed by atoms with Crippen molar-refractivity contribution in [2.45, 2.75) is 9.79 Å². The van der Waals surface area contributed by atoms with E-state index in [1.165, 1.54) is 25.4 Å². The highest BCUT2D eigenvalue weighted by molar-refractivity contribution is 7.91. The number of ketones is 1. The quantitative estimate of drug-likeness (QED) is 0.464. The van der Waals surface area contributed by atoms with Crippen LogP contribution in [0.5, 0.6) is 5.75 Å². The SMILES string of the molecule is COc1ccc(S(=O)(=O)c2c(C(=O)c3ccccc3)cnc3ccccc23)cc1. The van der Waals surface area contributed by atoms with Gasteiger partial charge in [-0.3, -0.25) is 9.78 Å². The number of nitrogens with zero attached hydrogens (tertiary/aromatic N) is 1. The molecule has 0 fully saturated rings. The third-order valence-corrected chi connectivity index (χ3v) is 6.52. The van der Waals surface area contributed by atoms with Gasteiger partial charge in [-0.15, -0.1) is 0 Å². The Morgan fingerprint density at radius 1 is 0.862 bits per heavy atom. The van der Waals surface area contributed by atoms with Crippen LogP contribution in [-0.2, 0) is 9.84 Å². The van der Waals surface area contributed by atoms with E-state index in [1.54, 1.807) is 66.7 Å². The summed E-state index contributed by atoms with van der Waals surface area (Å²) in [7, 11) is -2.48. The molecule has 0 aliphatic carbocycles. The maximum atomic E-state index is 13.6. The number of methoxy groups -OCH3 is 1. The highest BCUT2D eigenvalue weighted by Gasteiger charge is 2.28. The fraction of sp³-hybridized carbons (Fsp3) is 0.0435. The Kier molecular flexibility index (Phi) is 4.86. The number of ether oxygens (including phenoxy) is 1. The smallest absolute Gasteiger partial charge is 0.208 e. The summed E-state index contributed by atoms with van der Waals surface area (Å²) in [6.45, 7) is 0. The lowest BCUT2D eigenvalue weighted by atomic mass is 10.0. The molecular formula is C23H17NO4S. The number of carbonyl (C=O) groups excluding carboxylic acids is 1. The second-order valence-electron chi connectivity index (χ2n) is 6.39. The summed E-state index contributed by atoms with van der Waals surface area (Å²) >= 11 is 0. The minimum absolute atomic E-state index is 0.0397. The maximum absolute atomic E-state index is 13.6. The van der Waals surface area contributed by atoms with Crippen LogP contribution in [0.25, 0.3) is 10.9 Å². The van der Waals surface area contributed by atoms with Crippen LogP contribution in [0.1, 0.15) is 15.9 Å². The molecule has 1 aromatic heterocycles. The third-order valence-electron chi connectivity index (χ3n) is 4.65. The van der Waals surface area contributed by atoms with Gasteiger partial charge in [-0.1, -0.05) is 48.5 Å². The number of pyridine rings is 1. The highest BCUT2D eigenvalue weighted by Crippen LogP contribution is 2.32. The summed E-state index contributed by atoms with van der Waals surface area (Å²) in [5.41, 5.74) is 0.950. The van der Waals surface area contributed by atoms with Crippen LogP contribution in [0.15, 0.2) is 94.9 Å². The van der Waals surface area contributed by atoms with Crippen LogP contribution in [-0.4, -0.2) is 26.3 Å². The minimum atomic E-state index is -3.99. The molecule has 0 atom stereocenters. The largest absolute Gasteiger partial charge is 0.497 e. The van der Waals surface area contributed by atoms with Gasteiger partial charge in [-0.2, -0.15) is 0 Å². The van der Waals surface area contributed by atoms with Gasteiger partial charge in [0.25, 0.3) is 0 Å². The van der Waals surface area contributed by atoms with Crippen molar-refractivity contribution in [3.63, 3.8) is 0 Å². The number of fused-ring (bicyclic) bond motifs is 1. The third kappa shape index (κ3) is 3.39. The molecule has 0 radical (unpaired) electrons. The lowest BCUT2D eigenvalue weighted by Gasteiger charge is -2.13. The highest BCUT2D eigenvalue weighted by atomic mass is 32.2. The van der Waals surface area contributed by atoms with Crippen molar-refractivity contribution in [3.05, 3.63) is 96.2 Å². The summed E-state index contributed by atoms with van der Waals surface area (Å²) in [5, 5.41) is 0.407. The molecule has 0 unspecified atom stereocenters. The van der Waals surface area contributed by atoms with Crippen molar-refractivity contribution in [3.8, 4) is 5.75 Å². The first kappa shape index (κ1) is 18.8. The molecule has 0 amide bonds. The predicted octanol–water partition coefficient (Wildman–Crippen LogP) is 4.31. The summed E-state index contributed by atoms with van der Waals surface area (Å²) in [6.07, 6.45) is 1.34. The van der Waals surface area contributed by atoms with E-state index >= 15 is 0 Å². The van der Waals surface area contributed by atoms with E-state index in [2.05, 4.69) is 4.98 Å². The van der Waals surface area contributed by atoms with Gasteiger partial charge in [0.05, 0.1) is 28.0 Å². The van der Waals surface area contributed by atoms with Crippen LogP contribution >= 0.6 is 0 Å². The van der Waals surface area contributed by atoms with Gasteiger partial charge in [-0.05, 0) is 30.3 Å². The number of rotatable bonds is 5. The number of hydrogen-bond acceptors (Lipinski definition) is 5. The molecule has 0 saturated carbocycles. The zero-order chi connectivity index (χ0) is 20.4. The first-order valence-corrected chi connectivity index (χ1v) is 10.4. The number of sulfone groups is 1. The van der Waals surface area contributed by atoms with Crippen molar-refractivity contribution >= 4 is 26.5 Å². The lowest BCUT2D eigenvalue weighted by Crippen LogP contribution is -2.12. The molecule has 0 bridgehead atoms. The molecule has 0 saturated heterocycles. The number of hydrogen-bond donors (Lipinski definition) is 0. The number of carbonyl (C=O) groups is 1. The van der Waals surface area contributed by atoms with E-state index in [-0.39, 0.29) is 15.4 Å². The average Bonchev–Trinajstić information content (AvgIpc) is 2.78. The van der Waals surface area contributed by atoms with Crippen LogP contribution in [0.4, 0.5) is 0 Å². The van der Waals surface area contributed by atoms with Gasteiger partial charge in [0.2, 0.25) is 9.84 Å². The summed E-state index contributed by atoms with van der Waals surface area (Å²) < 4.78 is 32.3. The Hall–Kier alpha value is -3.51. The Bertz CT molecular complexity index is 1300. The van der Waals surface area contributed by atoms with Crippen LogP contribution in [0.2, 0.25) is 0 Å². The fourth-order valence-corrected chi connectivity index (χ4v) is 4.81. The molecule has 29 heavy (non-hydrogen) atoms. The van der Waals surface area contributed by atoms with Crippen LogP contribution in [0, 0.1) is 0 Å². The van der Waals surface area contributed by atoms with Gasteiger partial charge >= 0.3 is 0 Å². The van der Waals surface area contributed by atoms with E-state index in [1.807, 2.05) is 0 Å². The molecule has 0 spiro atoms. The Morgan fingerprint density at radius 2 is 1.52 bits per heavy atom. The fourth-order valence-electron chi connectivity index (χ4n) is 3.19. The normalized spacial score (nSPS) is 11.3. The Morgan fingerprint density at radius 3 is 2.21 bits per heavy atom. The van der Waals surface area contributed by atoms with Gasteiger partial charge in [0, 0.05) is 17.1 Å². The van der Waals surface area contributed by atoms with E-state index in [4.69, 9.17) is 4.74 Å². The predicted molar refractivity (Wildman–Crippen MR) is 110 cm³/mol. The zero-order valence-corrected chi connectivity index (χ0v) is 16.4. The van der Waals surface area contributed by atoms with Gasteiger partial charge < -0.3 is 4.74 Å². The molecule has 0 aliphatic heterocycles. The van der Waals surface area contributed by atoms with Crippen molar-refractivity contribution in [2.75, 3.05) is 7.11 Å². The van der Waals surface area contributed by atoms with Crippen molar-refractivity contribution in [1.29, 1.82) is 0 Å². The van der Waals surface area contributed by atoms with Crippen LogP contribution < -0.4 is 4.74 Å². The van der Waals surface area contributed by atoms with E-state index in [9.17, 15) is 13.2 Å². The average molecular weight is 403 g/mol. The zero-order valence-electron chi connectivity index (χ0n) is 15.6. The molecule has 0 N–H and O–H groups in total. The van der Waals surface area contributed by atoms with E-state index in [0.717, 1.165) is 0 Å². The van der Waals surface area contributed by atoms with Crippen LogP contribution in [0.3, 0.4) is 0 Å². The molecule has 6 heteroatoms.